The number of para-hydroxylation sites is 1. The quantitative estimate of drug-likeness (QED) is 0.705. The number of rotatable bonds is 9. The monoisotopic (exact) mass is 374 g/mol. The third-order valence-electron chi connectivity index (χ3n) is 4.10. The van der Waals surface area contributed by atoms with Gasteiger partial charge in [-0.05, 0) is 23.8 Å². The molecule has 0 heterocycles. The molecule has 0 radical (unpaired) electrons. The lowest BCUT2D eigenvalue weighted by Crippen LogP contribution is -2.40. The van der Waals surface area contributed by atoms with Crippen molar-refractivity contribution >= 4 is 6.03 Å². The highest BCUT2D eigenvalue weighted by molar-refractivity contribution is 5.74. The molecule has 146 valence electrons. The van der Waals surface area contributed by atoms with Crippen molar-refractivity contribution in [3.05, 3.63) is 53.6 Å². The Labute approximate surface area is 159 Å². The smallest absolute Gasteiger partial charge is 0.318 e. The van der Waals surface area contributed by atoms with E-state index in [4.69, 9.17) is 14.2 Å². The Bertz CT molecular complexity index is 751. The van der Waals surface area contributed by atoms with E-state index in [0.717, 1.165) is 11.1 Å². The molecule has 2 rings (SSSR count). The summed E-state index contributed by atoms with van der Waals surface area (Å²) in [6.45, 7) is 0.754. The van der Waals surface area contributed by atoms with E-state index in [9.17, 15) is 9.90 Å². The molecule has 0 unspecified atom stereocenters. The second-order valence-electron chi connectivity index (χ2n) is 5.81. The maximum atomic E-state index is 12.6. The summed E-state index contributed by atoms with van der Waals surface area (Å²) in [4.78, 5) is 14.1. The zero-order chi connectivity index (χ0) is 19.6. The summed E-state index contributed by atoms with van der Waals surface area (Å²) in [6.07, 6.45) is 0. The maximum absolute atomic E-state index is 12.6. The molecule has 2 amide bonds. The van der Waals surface area contributed by atoms with E-state index in [0.29, 0.717) is 30.3 Å². The van der Waals surface area contributed by atoms with E-state index in [1.165, 1.54) is 0 Å². The van der Waals surface area contributed by atoms with E-state index < -0.39 is 0 Å². The van der Waals surface area contributed by atoms with Crippen LogP contribution < -0.4 is 19.5 Å². The molecule has 0 fully saturated rings. The van der Waals surface area contributed by atoms with E-state index in [-0.39, 0.29) is 19.2 Å². The number of carbonyl (C=O) groups excluding carboxylic acids is 1. The number of nitrogens with one attached hydrogen (secondary N) is 1. The Hall–Kier alpha value is -2.93. The summed E-state index contributed by atoms with van der Waals surface area (Å²) in [5.41, 5.74) is 1.75. The lowest BCUT2D eigenvalue weighted by Gasteiger charge is -2.23. The van der Waals surface area contributed by atoms with Gasteiger partial charge >= 0.3 is 6.03 Å². The molecule has 0 aliphatic carbocycles. The summed E-state index contributed by atoms with van der Waals surface area (Å²) in [5.74, 6) is 1.93. The normalized spacial score (nSPS) is 10.2. The number of amides is 2. The zero-order valence-electron chi connectivity index (χ0n) is 15.9. The molecule has 0 aliphatic heterocycles. The van der Waals surface area contributed by atoms with Crippen LogP contribution in [0.25, 0.3) is 0 Å². The first-order chi connectivity index (χ1) is 13.1. The summed E-state index contributed by atoms with van der Waals surface area (Å²) in [7, 11) is 4.73. The number of hydrogen-bond acceptors (Lipinski definition) is 5. The fourth-order valence-corrected chi connectivity index (χ4v) is 2.69. The van der Waals surface area contributed by atoms with Crippen LogP contribution in [0, 0.1) is 0 Å². The van der Waals surface area contributed by atoms with Crippen molar-refractivity contribution < 1.29 is 24.1 Å². The van der Waals surface area contributed by atoms with Gasteiger partial charge in [0, 0.05) is 18.7 Å². The van der Waals surface area contributed by atoms with Gasteiger partial charge in [0.1, 0.15) is 5.75 Å². The lowest BCUT2D eigenvalue weighted by atomic mass is 10.2. The van der Waals surface area contributed by atoms with Gasteiger partial charge in [-0.2, -0.15) is 0 Å². The van der Waals surface area contributed by atoms with Crippen molar-refractivity contribution in [3.8, 4) is 17.2 Å². The minimum absolute atomic E-state index is 0.126. The number of hydrogen-bond donors (Lipinski definition) is 2. The van der Waals surface area contributed by atoms with Crippen LogP contribution in [0.2, 0.25) is 0 Å². The van der Waals surface area contributed by atoms with Crippen LogP contribution in [0.5, 0.6) is 17.2 Å². The van der Waals surface area contributed by atoms with Crippen molar-refractivity contribution in [2.45, 2.75) is 13.1 Å². The van der Waals surface area contributed by atoms with Gasteiger partial charge in [-0.25, -0.2) is 4.79 Å². The molecule has 2 aromatic rings. The van der Waals surface area contributed by atoms with Gasteiger partial charge in [-0.1, -0.05) is 24.3 Å². The molecule has 0 atom stereocenters. The first-order valence-electron chi connectivity index (χ1n) is 8.59. The van der Waals surface area contributed by atoms with Crippen LogP contribution in [-0.4, -0.2) is 50.5 Å². The van der Waals surface area contributed by atoms with Gasteiger partial charge in [-0.15, -0.1) is 0 Å². The van der Waals surface area contributed by atoms with Crippen molar-refractivity contribution in [2.75, 3.05) is 34.5 Å². The molecule has 0 spiro atoms. The summed E-state index contributed by atoms with van der Waals surface area (Å²) < 4.78 is 15.8. The van der Waals surface area contributed by atoms with E-state index in [1.807, 2.05) is 36.4 Å². The van der Waals surface area contributed by atoms with Crippen LogP contribution in [-0.2, 0) is 13.1 Å². The highest BCUT2D eigenvalue weighted by Crippen LogP contribution is 2.27. The molecule has 0 bridgehead atoms. The van der Waals surface area contributed by atoms with Crippen molar-refractivity contribution in [2.24, 2.45) is 0 Å². The highest BCUT2D eigenvalue weighted by atomic mass is 16.5. The minimum atomic E-state index is -0.273. The number of aliphatic hydroxyl groups excluding tert-OH is 1. The van der Waals surface area contributed by atoms with E-state index in [2.05, 4.69) is 5.32 Å². The minimum Gasteiger partial charge on any atom is -0.496 e. The van der Waals surface area contributed by atoms with Crippen LogP contribution in [0.1, 0.15) is 11.1 Å². The number of methoxy groups -OCH3 is 3. The standard InChI is InChI=1S/C20H26N2O5/c1-25-17-7-5-4-6-16(17)14-22(10-11-23)20(24)21-13-15-8-9-18(26-2)19(12-15)27-3/h4-9,12,23H,10-11,13-14H2,1-3H3,(H,21,24). The predicted molar refractivity (Wildman–Crippen MR) is 102 cm³/mol. The lowest BCUT2D eigenvalue weighted by molar-refractivity contribution is 0.173. The molecule has 7 heteroatoms. The Kier molecular flexibility index (Phi) is 7.76. The molecular weight excluding hydrogens is 348 g/mol. The molecule has 2 N–H and O–H groups in total. The summed E-state index contributed by atoms with van der Waals surface area (Å²) in [5, 5.41) is 12.2. The molecule has 2 aromatic carbocycles. The Morgan fingerprint density at radius 3 is 2.37 bits per heavy atom. The number of carbonyl (C=O) groups is 1. The molecule has 7 nitrogen and oxygen atoms in total. The third-order valence-corrected chi connectivity index (χ3v) is 4.10. The van der Waals surface area contributed by atoms with Crippen LogP contribution in [0.4, 0.5) is 4.79 Å². The van der Waals surface area contributed by atoms with Crippen LogP contribution >= 0.6 is 0 Å². The second kappa shape index (κ2) is 10.3. The van der Waals surface area contributed by atoms with Crippen LogP contribution in [0.15, 0.2) is 42.5 Å². The Morgan fingerprint density at radius 1 is 1.00 bits per heavy atom. The van der Waals surface area contributed by atoms with Gasteiger partial charge in [-0.3, -0.25) is 0 Å². The predicted octanol–water partition coefficient (Wildman–Crippen LogP) is 2.42. The topological polar surface area (TPSA) is 80.3 Å². The second-order valence-corrected chi connectivity index (χ2v) is 5.81. The maximum Gasteiger partial charge on any atom is 0.318 e. The van der Waals surface area contributed by atoms with Crippen molar-refractivity contribution in [1.29, 1.82) is 0 Å². The average Bonchev–Trinajstić information content (AvgIpc) is 2.71. The van der Waals surface area contributed by atoms with Gasteiger partial charge in [0.05, 0.1) is 34.5 Å². The molecule has 0 saturated heterocycles. The molecule has 0 saturated carbocycles. The SMILES string of the molecule is COc1ccccc1CN(CCO)C(=O)NCc1ccc(OC)c(OC)c1. The van der Waals surface area contributed by atoms with Crippen molar-refractivity contribution in [3.63, 3.8) is 0 Å². The van der Waals surface area contributed by atoms with Gasteiger partial charge in [0.2, 0.25) is 0 Å². The average molecular weight is 374 g/mol. The van der Waals surface area contributed by atoms with Crippen molar-refractivity contribution in [1.82, 2.24) is 10.2 Å². The molecule has 0 aromatic heterocycles. The van der Waals surface area contributed by atoms with Gasteiger partial charge < -0.3 is 29.5 Å². The number of ether oxygens (including phenoxy) is 3. The third kappa shape index (κ3) is 5.52. The number of urea groups is 1. The molecule has 27 heavy (non-hydrogen) atoms. The van der Waals surface area contributed by atoms with E-state index >= 15 is 0 Å². The molecular formula is C20H26N2O5. The number of nitrogens with zero attached hydrogens (tertiary/aromatic N) is 1. The Balaban J connectivity index is 2.04. The highest BCUT2D eigenvalue weighted by Gasteiger charge is 2.15. The number of aliphatic hydroxyl groups is 1. The summed E-state index contributed by atoms with van der Waals surface area (Å²) >= 11 is 0. The van der Waals surface area contributed by atoms with Crippen LogP contribution in [0.3, 0.4) is 0 Å². The first-order valence-corrected chi connectivity index (χ1v) is 8.59. The number of benzene rings is 2. The fraction of sp³-hybridized carbons (Fsp3) is 0.350. The molecule has 0 aliphatic rings. The summed E-state index contributed by atoms with van der Waals surface area (Å²) in [6, 6.07) is 12.7. The van der Waals surface area contributed by atoms with E-state index in [1.54, 1.807) is 32.3 Å². The zero-order valence-corrected chi connectivity index (χ0v) is 15.9. The first kappa shape index (κ1) is 20.4. The largest absolute Gasteiger partial charge is 0.496 e. The Morgan fingerprint density at radius 2 is 1.70 bits per heavy atom. The van der Waals surface area contributed by atoms with Gasteiger partial charge in [0.25, 0.3) is 0 Å². The van der Waals surface area contributed by atoms with Gasteiger partial charge in [0.15, 0.2) is 11.5 Å². The fourth-order valence-electron chi connectivity index (χ4n) is 2.69.